The van der Waals surface area contributed by atoms with E-state index in [0.717, 1.165) is 11.3 Å². The van der Waals surface area contributed by atoms with Crippen molar-refractivity contribution in [2.24, 2.45) is 0 Å². The molecule has 1 aromatic carbocycles. The highest BCUT2D eigenvalue weighted by molar-refractivity contribution is 5.59. The van der Waals surface area contributed by atoms with Gasteiger partial charge in [-0.2, -0.15) is 0 Å². The van der Waals surface area contributed by atoms with Crippen molar-refractivity contribution in [3.8, 4) is 5.75 Å². The van der Waals surface area contributed by atoms with Crippen molar-refractivity contribution in [1.29, 1.82) is 0 Å². The number of phenolic OH excluding ortho intramolecular Hbond substituents is 1. The molecule has 0 radical (unpaired) electrons. The fourth-order valence-corrected chi connectivity index (χ4v) is 1.64. The van der Waals surface area contributed by atoms with Crippen molar-refractivity contribution in [2.45, 2.75) is 25.6 Å². The maximum atomic E-state index is 12.9. The standard InChI is InChI=1S/C10H12FNO/c1-6(11)9-4-7-2-3-8(13)5-10(7)12-9/h2-3,5-6,9,12-13H,4H2,1H3. The number of hydrogen-bond acceptors (Lipinski definition) is 2. The van der Waals surface area contributed by atoms with Gasteiger partial charge in [-0.15, -0.1) is 0 Å². The van der Waals surface area contributed by atoms with Gasteiger partial charge in [0.25, 0.3) is 0 Å². The van der Waals surface area contributed by atoms with Crippen molar-refractivity contribution in [1.82, 2.24) is 0 Å². The van der Waals surface area contributed by atoms with Crippen LogP contribution in [0.15, 0.2) is 18.2 Å². The number of nitrogens with one attached hydrogen (secondary N) is 1. The van der Waals surface area contributed by atoms with E-state index >= 15 is 0 Å². The quantitative estimate of drug-likeness (QED) is 0.695. The van der Waals surface area contributed by atoms with E-state index in [1.165, 1.54) is 0 Å². The summed E-state index contributed by atoms with van der Waals surface area (Å²) in [5.74, 6) is 0.221. The Balaban J connectivity index is 2.25. The predicted octanol–water partition coefficient (Wildman–Crippen LogP) is 2.09. The van der Waals surface area contributed by atoms with Crippen molar-refractivity contribution in [3.05, 3.63) is 23.8 Å². The molecule has 3 heteroatoms. The second kappa shape index (κ2) is 2.91. The number of rotatable bonds is 1. The van der Waals surface area contributed by atoms with E-state index in [2.05, 4.69) is 5.32 Å². The van der Waals surface area contributed by atoms with Crippen LogP contribution in [-0.4, -0.2) is 17.3 Å². The minimum atomic E-state index is -0.866. The molecule has 0 saturated heterocycles. The minimum absolute atomic E-state index is 0.142. The first-order valence-corrected chi connectivity index (χ1v) is 4.39. The Bertz CT molecular complexity index is 325. The summed E-state index contributed by atoms with van der Waals surface area (Å²) in [6, 6.07) is 4.96. The molecule has 0 aromatic heterocycles. The summed E-state index contributed by atoms with van der Waals surface area (Å²) in [6.07, 6.45) is -0.164. The zero-order chi connectivity index (χ0) is 9.42. The number of benzene rings is 1. The Kier molecular flexibility index (Phi) is 1.87. The summed E-state index contributed by atoms with van der Waals surface area (Å²) >= 11 is 0. The van der Waals surface area contributed by atoms with E-state index in [1.807, 2.05) is 6.07 Å². The van der Waals surface area contributed by atoms with Gasteiger partial charge in [-0.25, -0.2) is 4.39 Å². The molecule has 0 amide bonds. The van der Waals surface area contributed by atoms with E-state index in [9.17, 15) is 9.50 Å². The maximum Gasteiger partial charge on any atom is 0.118 e. The van der Waals surface area contributed by atoms with E-state index in [-0.39, 0.29) is 11.8 Å². The number of halogens is 1. The highest BCUT2D eigenvalue weighted by atomic mass is 19.1. The number of phenols is 1. The van der Waals surface area contributed by atoms with Gasteiger partial charge in [0.1, 0.15) is 11.9 Å². The van der Waals surface area contributed by atoms with Crippen LogP contribution in [0, 0.1) is 0 Å². The number of hydrogen-bond donors (Lipinski definition) is 2. The molecule has 0 saturated carbocycles. The van der Waals surface area contributed by atoms with E-state index in [1.54, 1.807) is 19.1 Å². The molecule has 0 aliphatic carbocycles. The molecule has 0 fully saturated rings. The summed E-state index contributed by atoms with van der Waals surface area (Å²) in [6.45, 7) is 1.55. The number of fused-ring (bicyclic) bond motifs is 1. The zero-order valence-corrected chi connectivity index (χ0v) is 7.42. The lowest BCUT2D eigenvalue weighted by atomic mass is 10.1. The third kappa shape index (κ3) is 1.46. The summed E-state index contributed by atoms with van der Waals surface area (Å²) < 4.78 is 12.9. The molecule has 1 heterocycles. The van der Waals surface area contributed by atoms with Crippen LogP contribution in [0.1, 0.15) is 12.5 Å². The van der Waals surface area contributed by atoms with Gasteiger partial charge in [0, 0.05) is 11.8 Å². The summed E-state index contributed by atoms with van der Waals surface area (Å²) in [4.78, 5) is 0. The van der Waals surface area contributed by atoms with Crippen molar-refractivity contribution >= 4 is 5.69 Å². The number of aromatic hydroxyl groups is 1. The highest BCUT2D eigenvalue weighted by Crippen LogP contribution is 2.30. The van der Waals surface area contributed by atoms with Gasteiger partial charge in [0.2, 0.25) is 0 Å². The summed E-state index contributed by atoms with van der Waals surface area (Å²) in [5, 5.41) is 12.2. The van der Waals surface area contributed by atoms with Crippen molar-refractivity contribution in [3.63, 3.8) is 0 Å². The molecule has 2 nitrogen and oxygen atoms in total. The topological polar surface area (TPSA) is 32.3 Å². The Hall–Kier alpha value is -1.25. The average molecular weight is 181 g/mol. The second-order valence-electron chi connectivity index (χ2n) is 3.47. The molecule has 13 heavy (non-hydrogen) atoms. The van der Waals surface area contributed by atoms with Gasteiger partial charge in [0.05, 0.1) is 6.04 Å². The lowest BCUT2D eigenvalue weighted by Gasteiger charge is -2.11. The van der Waals surface area contributed by atoms with Crippen LogP contribution in [-0.2, 0) is 6.42 Å². The van der Waals surface area contributed by atoms with Gasteiger partial charge in [-0.1, -0.05) is 6.07 Å². The van der Waals surface area contributed by atoms with Crippen LogP contribution in [0.4, 0.5) is 10.1 Å². The molecule has 2 atom stereocenters. The third-order valence-corrected chi connectivity index (χ3v) is 2.43. The summed E-state index contributed by atoms with van der Waals surface area (Å²) in [7, 11) is 0. The maximum absolute atomic E-state index is 12.9. The SMILES string of the molecule is CC(F)C1Cc2ccc(O)cc2N1. The largest absolute Gasteiger partial charge is 0.508 e. The van der Waals surface area contributed by atoms with Gasteiger partial charge in [-0.3, -0.25) is 0 Å². The Morgan fingerprint density at radius 2 is 2.38 bits per heavy atom. The van der Waals surface area contributed by atoms with E-state index in [4.69, 9.17) is 0 Å². The molecule has 2 N–H and O–H groups in total. The van der Waals surface area contributed by atoms with Gasteiger partial charge in [0.15, 0.2) is 0 Å². The molecule has 1 aliphatic rings. The van der Waals surface area contributed by atoms with Gasteiger partial charge in [-0.05, 0) is 25.0 Å². The van der Waals surface area contributed by atoms with E-state index in [0.29, 0.717) is 6.42 Å². The Morgan fingerprint density at radius 3 is 3.08 bits per heavy atom. The van der Waals surface area contributed by atoms with Crippen LogP contribution in [0.3, 0.4) is 0 Å². The number of alkyl halides is 1. The van der Waals surface area contributed by atoms with Crippen LogP contribution in [0.2, 0.25) is 0 Å². The van der Waals surface area contributed by atoms with Crippen molar-refractivity contribution < 1.29 is 9.50 Å². The highest BCUT2D eigenvalue weighted by Gasteiger charge is 2.25. The van der Waals surface area contributed by atoms with E-state index < -0.39 is 6.17 Å². The third-order valence-electron chi connectivity index (χ3n) is 2.43. The fraction of sp³-hybridized carbons (Fsp3) is 0.400. The Labute approximate surface area is 76.4 Å². The van der Waals surface area contributed by atoms with Crippen LogP contribution >= 0.6 is 0 Å². The molecular weight excluding hydrogens is 169 g/mol. The first-order valence-electron chi connectivity index (χ1n) is 4.39. The lowest BCUT2D eigenvalue weighted by Crippen LogP contribution is -2.25. The minimum Gasteiger partial charge on any atom is -0.508 e. The zero-order valence-electron chi connectivity index (χ0n) is 7.42. The van der Waals surface area contributed by atoms with Crippen molar-refractivity contribution in [2.75, 3.05) is 5.32 Å². The molecule has 0 spiro atoms. The average Bonchev–Trinajstić information content (AvgIpc) is 2.46. The van der Waals surface area contributed by atoms with Crippen LogP contribution in [0.5, 0.6) is 5.75 Å². The second-order valence-corrected chi connectivity index (χ2v) is 3.47. The molecule has 70 valence electrons. The molecule has 2 unspecified atom stereocenters. The molecule has 1 aromatic rings. The first kappa shape index (κ1) is 8.35. The lowest BCUT2D eigenvalue weighted by molar-refractivity contribution is 0.322. The predicted molar refractivity (Wildman–Crippen MR) is 49.8 cm³/mol. The normalized spacial score (nSPS) is 22.2. The molecule has 2 rings (SSSR count). The monoisotopic (exact) mass is 181 g/mol. The van der Waals surface area contributed by atoms with Crippen LogP contribution < -0.4 is 5.32 Å². The molecule has 0 bridgehead atoms. The number of anilines is 1. The molecular formula is C10H12FNO. The summed E-state index contributed by atoms with van der Waals surface area (Å²) in [5.41, 5.74) is 1.93. The smallest absolute Gasteiger partial charge is 0.118 e. The fourth-order valence-electron chi connectivity index (χ4n) is 1.64. The molecule has 1 aliphatic heterocycles. The Morgan fingerprint density at radius 1 is 1.62 bits per heavy atom. The van der Waals surface area contributed by atoms with Gasteiger partial charge >= 0.3 is 0 Å². The van der Waals surface area contributed by atoms with Crippen LogP contribution in [0.25, 0.3) is 0 Å². The first-order chi connectivity index (χ1) is 6.16. The van der Waals surface area contributed by atoms with Gasteiger partial charge < -0.3 is 10.4 Å².